The second kappa shape index (κ2) is 7.66. The molecule has 132 valence electrons. The molecule has 0 saturated carbocycles. The van der Waals surface area contributed by atoms with E-state index in [1.54, 1.807) is 4.52 Å². The number of hydrogen-bond donors (Lipinski definition) is 1. The summed E-state index contributed by atoms with van der Waals surface area (Å²) < 4.78 is 7.49. The number of ether oxygens (including phenoxy) is 1. The van der Waals surface area contributed by atoms with Crippen LogP contribution in [0.4, 0.5) is 5.95 Å². The van der Waals surface area contributed by atoms with Crippen molar-refractivity contribution in [3.05, 3.63) is 42.6 Å². The van der Waals surface area contributed by atoms with Gasteiger partial charge in [0, 0.05) is 30.2 Å². The van der Waals surface area contributed by atoms with Gasteiger partial charge in [-0.05, 0) is 32.0 Å². The van der Waals surface area contributed by atoms with Crippen molar-refractivity contribution in [2.45, 2.75) is 32.8 Å². The minimum Gasteiger partial charge on any atom is -0.490 e. The van der Waals surface area contributed by atoms with Crippen LogP contribution in [0.1, 0.15) is 26.7 Å². The molecule has 1 aromatic carbocycles. The number of nitrogens with zero attached hydrogens (tertiary/aromatic N) is 4. The summed E-state index contributed by atoms with van der Waals surface area (Å²) in [6.07, 6.45) is 2.20. The Bertz CT molecular complexity index is 971. The van der Waals surface area contributed by atoms with Crippen LogP contribution in [0.25, 0.3) is 16.8 Å². The Morgan fingerprint density at radius 1 is 1.31 bits per heavy atom. The Hall–Kier alpha value is -3.40. The van der Waals surface area contributed by atoms with Gasteiger partial charge in [0.05, 0.1) is 12.2 Å². The molecule has 7 nitrogen and oxygen atoms in total. The van der Waals surface area contributed by atoms with Gasteiger partial charge in [-0.25, -0.2) is 4.52 Å². The Balaban J connectivity index is 1.89. The molecule has 0 radical (unpaired) electrons. The number of aromatic nitrogens is 3. The van der Waals surface area contributed by atoms with E-state index in [1.807, 2.05) is 62.5 Å². The number of amides is 1. The number of nitrogens with one attached hydrogen (secondary N) is 1. The molecule has 3 aromatic rings. The van der Waals surface area contributed by atoms with Gasteiger partial charge in [-0.15, -0.1) is 5.10 Å². The lowest BCUT2D eigenvalue weighted by molar-refractivity contribution is -0.116. The van der Waals surface area contributed by atoms with Gasteiger partial charge < -0.3 is 4.74 Å². The number of carbonyl (C=O) groups excluding carboxylic acids is 1. The maximum Gasteiger partial charge on any atom is 0.249 e. The number of rotatable bonds is 6. The van der Waals surface area contributed by atoms with Crippen LogP contribution < -0.4 is 10.1 Å². The number of para-hydroxylation sites is 1. The monoisotopic (exact) mass is 349 g/mol. The highest BCUT2D eigenvalue weighted by Crippen LogP contribution is 2.30. The summed E-state index contributed by atoms with van der Waals surface area (Å²) in [6, 6.07) is 13.5. The van der Waals surface area contributed by atoms with Gasteiger partial charge in [-0.3, -0.25) is 10.1 Å². The van der Waals surface area contributed by atoms with Crippen molar-refractivity contribution in [1.29, 1.82) is 5.26 Å². The Kier molecular flexibility index (Phi) is 5.13. The molecular weight excluding hydrogens is 330 g/mol. The predicted molar refractivity (Wildman–Crippen MR) is 97.7 cm³/mol. The highest BCUT2D eigenvalue weighted by molar-refractivity contribution is 5.89. The van der Waals surface area contributed by atoms with Crippen LogP contribution >= 0.6 is 0 Å². The summed E-state index contributed by atoms with van der Waals surface area (Å²) in [7, 11) is 0. The third-order valence-corrected chi connectivity index (χ3v) is 3.61. The molecule has 7 heteroatoms. The molecular formula is C19H19N5O2. The van der Waals surface area contributed by atoms with E-state index >= 15 is 0 Å². The quantitative estimate of drug-likeness (QED) is 0.736. The topological polar surface area (TPSA) is 92.3 Å². The normalized spacial score (nSPS) is 10.7. The minimum atomic E-state index is -0.279. The summed E-state index contributed by atoms with van der Waals surface area (Å²) in [5.41, 5.74) is 2.51. The fourth-order valence-electron chi connectivity index (χ4n) is 2.51. The van der Waals surface area contributed by atoms with Crippen molar-refractivity contribution in [2.24, 2.45) is 0 Å². The molecule has 26 heavy (non-hydrogen) atoms. The minimum absolute atomic E-state index is 0.0708. The molecule has 2 aromatic heterocycles. The zero-order valence-electron chi connectivity index (χ0n) is 14.6. The van der Waals surface area contributed by atoms with Crippen LogP contribution in [-0.2, 0) is 4.79 Å². The molecule has 1 amide bonds. The third kappa shape index (κ3) is 3.98. The summed E-state index contributed by atoms with van der Waals surface area (Å²) in [4.78, 5) is 16.0. The molecule has 0 saturated heterocycles. The molecule has 2 heterocycles. The largest absolute Gasteiger partial charge is 0.490 e. The predicted octanol–water partition coefficient (Wildman–Crippen LogP) is 3.43. The van der Waals surface area contributed by atoms with E-state index in [4.69, 9.17) is 10.00 Å². The smallest absolute Gasteiger partial charge is 0.249 e. The zero-order valence-corrected chi connectivity index (χ0v) is 14.6. The van der Waals surface area contributed by atoms with Crippen molar-refractivity contribution >= 4 is 17.5 Å². The van der Waals surface area contributed by atoms with Crippen molar-refractivity contribution in [1.82, 2.24) is 14.6 Å². The maximum atomic E-state index is 11.7. The average molecular weight is 349 g/mol. The molecule has 0 aliphatic heterocycles. The lowest BCUT2D eigenvalue weighted by Crippen LogP contribution is -2.12. The maximum absolute atomic E-state index is 11.7. The van der Waals surface area contributed by atoms with E-state index in [-0.39, 0.29) is 30.8 Å². The van der Waals surface area contributed by atoms with Gasteiger partial charge in [0.2, 0.25) is 11.9 Å². The standard InChI is InChI=1S/C19H19N5O2/c1-13(2)26-16-7-4-3-6-15(16)14-9-10-17-21-19(23-24(17)12-14)22-18(25)8-5-11-20/h3-4,6-7,9-10,12-13H,5,8H2,1-2H3,(H,22,23,25). The van der Waals surface area contributed by atoms with E-state index in [0.29, 0.717) is 5.65 Å². The molecule has 0 bridgehead atoms. The van der Waals surface area contributed by atoms with Gasteiger partial charge in [0.15, 0.2) is 5.65 Å². The van der Waals surface area contributed by atoms with Gasteiger partial charge in [-0.1, -0.05) is 18.2 Å². The lowest BCUT2D eigenvalue weighted by Gasteiger charge is -2.14. The fourth-order valence-corrected chi connectivity index (χ4v) is 2.51. The van der Waals surface area contributed by atoms with E-state index < -0.39 is 0 Å². The number of anilines is 1. The number of fused-ring (bicyclic) bond motifs is 1. The summed E-state index contributed by atoms with van der Waals surface area (Å²) in [5.74, 6) is 0.738. The molecule has 0 fully saturated rings. The van der Waals surface area contributed by atoms with Crippen LogP contribution in [0.5, 0.6) is 5.75 Å². The fraction of sp³-hybridized carbons (Fsp3) is 0.263. The Morgan fingerprint density at radius 3 is 2.88 bits per heavy atom. The number of hydrogen-bond acceptors (Lipinski definition) is 5. The van der Waals surface area contributed by atoms with Crippen molar-refractivity contribution in [2.75, 3.05) is 5.32 Å². The molecule has 0 aliphatic carbocycles. The molecule has 1 N–H and O–H groups in total. The Morgan fingerprint density at radius 2 is 2.12 bits per heavy atom. The van der Waals surface area contributed by atoms with Crippen LogP contribution in [0.3, 0.4) is 0 Å². The first-order chi connectivity index (χ1) is 12.6. The molecule has 0 spiro atoms. The summed E-state index contributed by atoms with van der Waals surface area (Å²) in [6.45, 7) is 3.97. The van der Waals surface area contributed by atoms with E-state index in [1.165, 1.54) is 0 Å². The molecule has 3 rings (SSSR count). The van der Waals surface area contributed by atoms with Gasteiger partial charge in [0.25, 0.3) is 0 Å². The number of benzene rings is 1. The van der Waals surface area contributed by atoms with Crippen molar-refractivity contribution < 1.29 is 9.53 Å². The highest BCUT2D eigenvalue weighted by atomic mass is 16.5. The van der Waals surface area contributed by atoms with Crippen LogP contribution in [0.2, 0.25) is 0 Å². The van der Waals surface area contributed by atoms with E-state index in [0.717, 1.165) is 16.9 Å². The lowest BCUT2D eigenvalue weighted by atomic mass is 10.1. The van der Waals surface area contributed by atoms with Gasteiger partial charge >= 0.3 is 0 Å². The summed E-state index contributed by atoms with van der Waals surface area (Å²) >= 11 is 0. The van der Waals surface area contributed by atoms with E-state index in [2.05, 4.69) is 15.4 Å². The first-order valence-corrected chi connectivity index (χ1v) is 8.36. The zero-order chi connectivity index (χ0) is 18.5. The second-order valence-corrected chi connectivity index (χ2v) is 6.03. The van der Waals surface area contributed by atoms with E-state index in [9.17, 15) is 4.79 Å². The SMILES string of the molecule is CC(C)Oc1ccccc1-c1ccc2nc(NC(=O)CCC#N)nn2c1. The van der Waals surface area contributed by atoms with Crippen molar-refractivity contribution in [3.63, 3.8) is 0 Å². The number of carbonyl (C=O) groups is 1. The van der Waals surface area contributed by atoms with Gasteiger partial charge in [0.1, 0.15) is 5.75 Å². The second-order valence-electron chi connectivity index (χ2n) is 6.03. The van der Waals surface area contributed by atoms with Crippen LogP contribution in [0.15, 0.2) is 42.6 Å². The first kappa shape index (κ1) is 17.4. The number of pyridine rings is 1. The number of nitriles is 1. The Labute approximate surface area is 151 Å². The third-order valence-electron chi connectivity index (χ3n) is 3.61. The van der Waals surface area contributed by atoms with Crippen molar-refractivity contribution in [3.8, 4) is 22.9 Å². The highest BCUT2D eigenvalue weighted by Gasteiger charge is 2.11. The molecule has 0 unspecified atom stereocenters. The average Bonchev–Trinajstić information content (AvgIpc) is 3.01. The van der Waals surface area contributed by atoms with Crippen LogP contribution in [-0.4, -0.2) is 26.6 Å². The first-order valence-electron chi connectivity index (χ1n) is 8.36. The van der Waals surface area contributed by atoms with Crippen LogP contribution in [0, 0.1) is 11.3 Å². The summed E-state index contributed by atoms with van der Waals surface area (Å²) in [5, 5.41) is 15.4. The molecule has 0 aliphatic rings. The molecule has 0 atom stereocenters. The van der Waals surface area contributed by atoms with Gasteiger partial charge in [-0.2, -0.15) is 10.2 Å².